The Morgan fingerprint density at radius 1 is 1.54 bits per heavy atom. The minimum Gasteiger partial charge on any atom is -0.0859 e. The van der Waals surface area contributed by atoms with Crippen LogP contribution in [0.25, 0.3) is 10.4 Å². The topological polar surface area (TPSA) is 48.8 Å². The zero-order chi connectivity index (χ0) is 9.26. The predicted octanol–water partition coefficient (Wildman–Crippen LogP) is 3.75. The highest BCUT2D eigenvalue weighted by Crippen LogP contribution is 2.37. The van der Waals surface area contributed by atoms with Gasteiger partial charge in [0, 0.05) is 9.38 Å². The molecule has 0 saturated heterocycles. The van der Waals surface area contributed by atoms with Crippen LogP contribution in [0.4, 0.5) is 0 Å². The Bertz CT molecular complexity index is 382. The number of benzene rings is 1. The number of azide groups is 1. The number of fused-ring (bicyclic) bond motifs is 1. The molecule has 0 bridgehead atoms. The summed E-state index contributed by atoms with van der Waals surface area (Å²) in [4.78, 5) is 2.86. The van der Waals surface area contributed by atoms with Crippen molar-refractivity contribution in [3.8, 4) is 0 Å². The van der Waals surface area contributed by atoms with Crippen LogP contribution in [0.1, 0.15) is 23.6 Å². The van der Waals surface area contributed by atoms with Crippen molar-refractivity contribution < 1.29 is 0 Å². The van der Waals surface area contributed by atoms with Crippen LogP contribution >= 0.6 is 15.9 Å². The fourth-order valence-corrected chi connectivity index (χ4v) is 2.35. The van der Waals surface area contributed by atoms with Crippen molar-refractivity contribution >= 4 is 15.9 Å². The van der Waals surface area contributed by atoms with E-state index in [-0.39, 0.29) is 6.04 Å². The van der Waals surface area contributed by atoms with Gasteiger partial charge in [0.05, 0.1) is 6.04 Å². The number of hydrogen-bond donors (Lipinski definition) is 0. The summed E-state index contributed by atoms with van der Waals surface area (Å²) in [6.07, 6.45) is 1.93. The highest BCUT2D eigenvalue weighted by atomic mass is 79.9. The maximum atomic E-state index is 8.37. The molecule has 1 atom stereocenters. The number of halogens is 1. The first-order chi connectivity index (χ1) is 6.33. The molecule has 1 aliphatic carbocycles. The monoisotopic (exact) mass is 237 g/mol. The third-order valence-corrected chi connectivity index (χ3v) is 3.12. The van der Waals surface area contributed by atoms with Crippen LogP contribution in [0.3, 0.4) is 0 Å². The first-order valence-corrected chi connectivity index (χ1v) is 4.93. The van der Waals surface area contributed by atoms with Crippen LogP contribution in [0.5, 0.6) is 0 Å². The molecule has 66 valence electrons. The Hall–Kier alpha value is -0.990. The van der Waals surface area contributed by atoms with E-state index < -0.39 is 0 Å². The standard InChI is InChI=1S/C9H8BrN3/c10-8-3-1-2-7-6(8)4-5-9(7)12-13-11/h1-3,9H,4-5H2/t9-/m0/s1. The van der Waals surface area contributed by atoms with E-state index in [2.05, 4.69) is 26.0 Å². The van der Waals surface area contributed by atoms with Crippen LogP contribution < -0.4 is 0 Å². The molecule has 1 aliphatic rings. The summed E-state index contributed by atoms with van der Waals surface area (Å²) < 4.78 is 1.13. The van der Waals surface area contributed by atoms with Crippen LogP contribution in [0.2, 0.25) is 0 Å². The van der Waals surface area contributed by atoms with Crippen LogP contribution in [0, 0.1) is 0 Å². The molecule has 0 aliphatic heterocycles. The van der Waals surface area contributed by atoms with Gasteiger partial charge in [-0.05, 0) is 35.6 Å². The van der Waals surface area contributed by atoms with E-state index in [1.807, 2.05) is 18.2 Å². The molecular weight excluding hydrogens is 230 g/mol. The molecule has 0 heterocycles. The molecule has 0 spiro atoms. The molecule has 0 fully saturated rings. The lowest BCUT2D eigenvalue weighted by atomic mass is 10.1. The Balaban J connectivity index is 2.48. The van der Waals surface area contributed by atoms with Gasteiger partial charge >= 0.3 is 0 Å². The molecule has 0 radical (unpaired) electrons. The Morgan fingerprint density at radius 2 is 2.38 bits per heavy atom. The van der Waals surface area contributed by atoms with Gasteiger partial charge in [-0.2, -0.15) is 0 Å². The fraction of sp³-hybridized carbons (Fsp3) is 0.333. The van der Waals surface area contributed by atoms with E-state index >= 15 is 0 Å². The number of nitrogens with zero attached hydrogens (tertiary/aromatic N) is 3. The van der Waals surface area contributed by atoms with Gasteiger partial charge in [-0.3, -0.25) is 0 Å². The second-order valence-electron chi connectivity index (χ2n) is 3.07. The van der Waals surface area contributed by atoms with Crippen LogP contribution in [-0.4, -0.2) is 0 Å². The summed E-state index contributed by atoms with van der Waals surface area (Å²) >= 11 is 3.49. The molecule has 0 N–H and O–H groups in total. The Morgan fingerprint density at radius 3 is 3.15 bits per heavy atom. The fourth-order valence-electron chi connectivity index (χ4n) is 1.77. The van der Waals surface area contributed by atoms with Crippen molar-refractivity contribution in [3.05, 3.63) is 44.2 Å². The molecule has 13 heavy (non-hydrogen) atoms. The minimum absolute atomic E-state index is 0.0394. The largest absolute Gasteiger partial charge is 0.0859 e. The highest BCUT2D eigenvalue weighted by Gasteiger charge is 2.22. The normalized spacial score (nSPS) is 19.3. The van der Waals surface area contributed by atoms with Gasteiger partial charge in [0.2, 0.25) is 0 Å². The molecular formula is C9H8BrN3. The molecule has 3 nitrogen and oxygen atoms in total. The van der Waals surface area contributed by atoms with Gasteiger partial charge in [0.25, 0.3) is 0 Å². The maximum absolute atomic E-state index is 8.37. The highest BCUT2D eigenvalue weighted by molar-refractivity contribution is 9.10. The van der Waals surface area contributed by atoms with Crippen LogP contribution in [0.15, 0.2) is 27.8 Å². The summed E-state index contributed by atoms with van der Waals surface area (Å²) in [5.74, 6) is 0. The van der Waals surface area contributed by atoms with Crippen molar-refractivity contribution in [2.24, 2.45) is 5.11 Å². The van der Waals surface area contributed by atoms with E-state index in [9.17, 15) is 0 Å². The second kappa shape index (κ2) is 3.40. The Kier molecular flexibility index (Phi) is 2.25. The second-order valence-corrected chi connectivity index (χ2v) is 3.92. The lowest BCUT2D eigenvalue weighted by Gasteiger charge is -2.03. The summed E-state index contributed by atoms with van der Waals surface area (Å²) in [5.41, 5.74) is 10.8. The summed E-state index contributed by atoms with van der Waals surface area (Å²) in [5, 5.41) is 3.77. The van der Waals surface area contributed by atoms with Gasteiger partial charge < -0.3 is 0 Å². The minimum atomic E-state index is 0.0394. The zero-order valence-corrected chi connectivity index (χ0v) is 8.53. The third-order valence-electron chi connectivity index (χ3n) is 2.37. The molecule has 0 amide bonds. The average molecular weight is 238 g/mol. The molecule has 0 aromatic heterocycles. The summed E-state index contributed by atoms with van der Waals surface area (Å²) in [7, 11) is 0. The van der Waals surface area contributed by atoms with Crippen molar-refractivity contribution in [2.75, 3.05) is 0 Å². The van der Waals surface area contributed by atoms with Gasteiger partial charge in [-0.25, -0.2) is 0 Å². The SMILES string of the molecule is [N-]=[N+]=N[C@H]1CCc2c(Br)cccc21. The summed E-state index contributed by atoms with van der Waals surface area (Å²) in [6.45, 7) is 0. The quantitative estimate of drug-likeness (QED) is 0.406. The van der Waals surface area contributed by atoms with Gasteiger partial charge in [-0.1, -0.05) is 33.2 Å². The van der Waals surface area contributed by atoms with Gasteiger partial charge in [0.1, 0.15) is 0 Å². The van der Waals surface area contributed by atoms with Crippen molar-refractivity contribution in [1.29, 1.82) is 0 Å². The lowest BCUT2D eigenvalue weighted by molar-refractivity contribution is 0.707. The molecule has 0 saturated carbocycles. The third kappa shape index (κ3) is 1.43. The van der Waals surface area contributed by atoms with E-state index in [4.69, 9.17) is 5.53 Å². The first kappa shape index (κ1) is 8.60. The average Bonchev–Trinajstić information content (AvgIpc) is 2.51. The van der Waals surface area contributed by atoms with Gasteiger partial charge in [-0.15, -0.1) is 0 Å². The van der Waals surface area contributed by atoms with E-state index in [1.165, 1.54) is 11.1 Å². The molecule has 2 rings (SSSR count). The van der Waals surface area contributed by atoms with Crippen molar-refractivity contribution in [3.63, 3.8) is 0 Å². The van der Waals surface area contributed by atoms with Gasteiger partial charge in [0.15, 0.2) is 0 Å². The molecule has 1 aromatic carbocycles. The maximum Gasteiger partial charge on any atom is 0.0631 e. The van der Waals surface area contributed by atoms with E-state index in [1.54, 1.807) is 0 Å². The number of hydrogen-bond acceptors (Lipinski definition) is 1. The lowest BCUT2D eigenvalue weighted by Crippen LogP contribution is -1.87. The first-order valence-electron chi connectivity index (χ1n) is 4.14. The predicted molar refractivity (Wildman–Crippen MR) is 54.4 cm³/mol. The van der Waals surface area contributed by atoms with E-state index in [0.29, 0.717) is 0 Å². The smallest absolute Gasteiger partial charge is 0.0631 e. The summed E-state index contributed by atoms with van der Waals surface area (Å²) in [6, 6.07) is 6.08. The van der Waals surface area contributed by atoms with Crippen LogP contribution in [-0.2, 0) is 6.42 Å². The Labute approximate surface area is 84.5 Å². The molecule has 1 aromatic rings. The molecule has 0 unspecified atom stereocenters. The molecule has 4 heteroatoms. The number of rotatable bonds is 1. The van der Waals surface area contributed by atoms with Crippen molar-refractivity contribution in [2.45, 2.75) is 18.9 Å². The zero-order valence-electron chi connectivity index (χ0n) is 6.94. The van der Waals surface area contributed by atoms with Crippen molar-refractivity contribution in [1.82, 2.24) is 0 Å². The van der Waals surface area contributed by atoms with E-state index in [0.717, 1.165) is 17.3 Å².